The van der Waals surface area contributed by atoms with Crippen molar-refractivity contribution in [2.45, 2.75) is 39.2 Å². The summed E-state index contributed by atoms with van der Waals surface area (Å²) in [7, 11) is 1.64. The van der Waals surface area contributed by atoms with E-state index in [0.717, 1.165) is 12.8 Å². The van der Waals surface area contributed by atoms with Gasteiger partial charge in [-0.1, -0.05) is 20.3 Å². The van der Waals surface area contributed by atoms with Crippen LogP contribution >= 0.6 is 0 Å². The van der Waals surface area contributed by atoms with Crippen LogP contribution in [0, 0.1) is 11.8 Å². The SMILES string of the molecule is CCC(C)C(CNC(=O)N1CCCC(C(=O)O)C1)OC. The molecule has 1 saturated heterocycles. The second kappa shape index (κ2) is 8.09. The monoisotopic (exact) mass is 286 g/mol. The number of carboxylic acid groups (broad SMARTS) is 1. The van der Waals surface area contributed by atoms with Gasteiger partial charge in [0.15, 0.2) is 0 Å². The third-order valence-corrected chi connectivity index (χ3v) is 4.09. The minimum absolute atomic E-state index is 0.0102. The first-order valence-corrected chi connectivity index (χ1v) is 7.27. The summed E-state index contributed by atoms with van der Waals surface area (Å²) in [6, 6.07) is -0.193. The van der Waals surface area contributed by atoms with Crippen LogP contribution in [0.15, 0.2) is 0 Å². The normalized spacial score (nSPS) is 22.1. The number of carbonyl (C=O) groups is 2. The molecule has 0 radical (unpaired) electrons. The molecule has 2 amide bonds. The number of methoxy groups -OCH3 is 1. The number of urea groups is 1. The molecule has 1 fully saturated rings. The molecule has 0 aromatic carbocycles. The highest BCUT2D eigenvalue weighted by Gasteiger charge is 2.28. The molecule has 1 aliphatic rings. The van der Waals surface area contributed by atoms with Crippen LogP contribution in [-0.4, -0.2) is 54.9 Å². The van der Waals surface area contributed by atoms with Crippen molar-refractivity contribution in [1.82, 2.24) is 10.2 Å². The summed E-state index contributed by atoms with van der Waals surface area (Å²) in [4.78, 5) is 24.6. The van der Waals surface area contributed by atoms with Crippen molar-refractivity contribution in [1.29, 1.82) is 0 Å². The molecule has 1 rings (SSSR count). The quantitative estimate of drug-likeness (QED) is 0.776. The van der Waals surface area contributed by atoms with E-state index in [9.17, 15) is 9.59 Å². The lowest BCUT2D eigenvalue weighted by Gasteiger charge is -2.31. The average Bonchev–Trinajstić information content (AvgIpc) is 2.47. The molecule has 6 nitrogen and oxygen atoms in total. The maximum absolute atomic E-state index is 12.1. The number of rotatable bonds is 6. The Hall–Kier alpha value is -1.30. The molecular formula is C14H26N2O4. The second-order valence-electron chi connectivity index (χ2n) is 5.47. The lowest BCUT2D eigenvalue weighted by molar-refractivity contribution is -0.143. The summed E-state index contributed by atoms with van der Waals surface area (Å²) in [6.07, 6.45) is 2.36. The number of carbonyl (C=O) groups excluding carboxylic acids is 1. The number of nitrogens with one attached hydrogen (secondary N) is 1. The van der Waals surface area contributed by atoms with Crippen LogP contribution in [0.3, 0.4) is 0 Å². The fourth-order valence-electron chi connectivity index (χ4n) is 2.44. The van der Waals surface area contributed by atoms with Gasteiger partial charge in [0, 0.05) is 26.7 Å². The van der Waals surface area contributed by atoms with Crippen molar-refractivity contribution < 1.29 is 19.4 Å². The summed E-state index contributed by atoms with van der Waals surface area (Å²) in [5.74, 6) is -0.896. The number of carboxylic acids is 1. The number of hydrogen-bond donors (Lipinski definition) is 2. The minimum Gasteiger partial charge on any atom is -0.481 e. The Morgan fingerprint density at radius 3 is 2.75 bits per heavy atom. The number of likely N-dealkylation sites (tertiary alicyclic amines) is 1. The molecule has 0 bridgehead atoms. The van der Waals surface area contributed by atoms with Gasteiger partial charge >= 0.3 is 12.0 Å². The number of nitrogens with zero attached hydrogens (tertiary/aromatic N) is 1. The zero-order valence-electron chi connectivity index (χ0n) is 12.6. The fourth-order valence-corrected chi connectivity index (χ4v) is 2.44. The Balaban J connectivity index is 2.43. The van der Waals surface area contributed by atoms with E-state index >= 15 is 0 Å². The molecule has 1 heterocycles. The van der Waals surface area contributed by atoms with Gasteiger partial charge in [-0.25, -0.2) is 4.79 Å². The van der Waals surface area contributed by atoms with Gasteiger partial charge in [-0.05, 0) is 18.8 Å². The van der Waals surface area contributed by atoms with E-state index in [-0.39, 0.29) is 12.1 Å². The number of aliphatic carboxylic acids is 1. The summed E-state index contributed by atoms with van der Waals surface area (Å²) >= 11 is 0. The van der Waals surface area contributed by atoms with E-state index in [2.05, 4.69) is 19.2 Å². The molecule has 6 heteroatoms. The van der Waals surface area contributed by atoms with Crippen molar-refractivity contribution in [3.63, 3.8) is 0 Å². The van der Waals surface area contributed by atoms with E-state index in [1.165, 1.54) is 0 Å². The van der Waals surface area contributed by atoms with E-state index in [4.69, 9.17) is 9.84 Å². The molecule has 1 aliphatic heterocycles. The largest absolute Gasteiger partial charge is 0.481 e. The molecular weight excluding hydrogens is 260 g/mol. The molecule has 20 heavy (non-hydrogen) atoms. The van der Waals surface area contributed by atoms with Gasteiger partial charge in [-0.15, -0.1) is 0 Å². The molecule has 0 saturated carbocycles. The van der Waals surface area contributed by atoms with Crippen molar-refractivity contribution in [2.24, 2.45) is 11.8 Å². The molecule has 2 N–H and O–H groups in total. The van der Waals surface area contributed by atoms with E-state index in [1.807, 2.05) is 0 Å². The predicted octanol–water partition coefficient (Wildman–Crippen LogP) is 1.55. The molecule has 116 valence electrons. The van der Waals surface area contributed by atoms with Gasteiger partial charge in [0.05, 0.1) is 12.0 Å². The van der Waals surface area contributed by atoms with Crippen LogP contribution in [0.4, 0.5) is 4.79 Å². The number of hydrogen-bond acceptors (Lipinski definition) is 3. The van der Waals surface area contributed by atoms with Gasteiger partial charge in [0.1, 0.15) is 0 Å². The highest BCUT2D eigenvalue weighted by atomic mass is 16.5. The topological polar surface area (TPSA) is 78.9 Å². The Labute approximate surface area is 120 Å². The molecule has 3 unspecified atom stereocenters. The average molecular weight is 286 g/mol. The standard InChI is InChI=1S/C14H26N2O4/c1-4-10(2)12(20-3)8-15-14(19)16-7-5-6-11(9-16)13(17)18/h10-12H,4-9H2,1-3H3,(H,15,19)(H,17,18). The molecule has 0 spiro atoms. The van der Waals surface area contributed by atoms with Crippen molar-refractivity contribution in [3.05, 3.63) is 0 Å². The van der Waals surface area contributed by atoms with Crippen molar-refractivity contribution >= 4 is 12.0 Å². The van der Waals surface area contributed by atoms with Crippen LogP contribution in [0.2, 0.25) is 0 Å². The maximum atomic E-state index is 12.1. The van der Waals surface area contributed by atoms with Gasteiger partial charge in [0.2, 0.25) is 0 Å². The van der Waals surface area contributed by atoms with E-state index in [0.29, 0.717) is 32.0 Å². The Bertz CT molecular complexity index is 335. The van der Waals surface area contributed by atoms with Gasteiger partial charge < -0.3 is 20.1 Å². The summed E-state index contributed by atoms with van der Waals surface area (Å²) in [6.45, 7) is 5.54. The Morgan fingerprint density at radius 2 is 2.20 bits per heavy atom. The Kier molecular flexibility index (Phi) is 6.78. The molecule has 0 aromatic rings. The molecule has 0 aromatic heterocycles. The van der Waals surface area contributed by atoms with Crippen LogP contribution in [-0.2, 0) is 9.53 Å². The highest BCUT2D eigenvalue weighted by Crippen LogP contribution is 2.16. The zero-order chi connectivity index (χ0) is 15.1. The third kappa shape index (κ3) is 4.67. The zero-order valence-corrected chi connectivity index (χ0v) is 12.6. The van der Waals surface area contributed by atoms with Crippen molar-refractivity contribution in [3.8, 4) is 0 Å². The fraction of sp³-hybridized carbons (Fsp3) is 0.857. The maximum Gasteiger partial charge on any atom is 0.317 e. The van der Waals surface area contributed by atoms with E-state index in [1.54, 1.807) is 12.0 Å². The number of amides is 2. The summed E-state index contributed by atoms with van der Waals surface area (Å²) in [5.41, 5.74) is 0. The summed E-state index contributed by atoms with van der Waals surface area (Å²) < 4.78 is 5.37. The van der Waals surface area contributed by atoms with Crippen LogP contribution < -0.4 is 5.32 Å². The second-order valence-corrected chi connectivity index (χ2v) is 5.47. The lowest BCUT2D eigenvalue weighted by atomic mass is 9.98. The third-order valence-electron chi connectivity index (χ3n) is 4.09. The van der Waals surface area contributed by atoms with Gasteiger partial charge in [-0.2, -0.15) is 0 Å². The minimum atomic E-state index is -0.822. The number of ether oxygens (including phenoxy) is 1. The number of piperidine rings is 1. The molecule has 3 atom stereocenters. The first-order chi connectivity index (χ1) is 9.49. The van der Waals surface area contributed by atoms with Crippen molar-refractivity contribution in [2.75, 3.05) is 26.7 Å². The van der Waals surface area contributed by atoms with Gasteiger partial charge in [-0.3, -0.25) is 4.79 Å². The van der Waals surface area contributed by atoms with Crippen LogP contribution in [0.5, 0.6) is 0 Å². The van der Waals surface area contributed by atoms with Gasteiger partial charge in [0.25, 0.3) is 0 Å². The molecule has 0 aliphatic carbocycles. The highest BCUT2D eigenvalue weighted by molar-refractivity contribution is 5.76. The first kappa shape index (κ1) is 16.8. The summed E-state index contributed by atoms with van der Waals surface area (Å²) in [5, 5.41) is 11.9. The van der Waals surface area contributed by atoms with Crippen LogP contribution in [0.25, 0.3) is 0 Å². The smallest absolute Gasteiger partial charge is 0.317 e. The van der Waals surface area contributed by atoms with Crippen LogP contribution in [0.1, 0.15) is 33.1 Å². The first-order valence-electron chi connectivity index (χ1n) is 7.27. The van der Waals surface area contributed by atoms with E-state index < -0.39 is 11.9 Å². The predicted molar refractivity (Wildman–Crippen MR) is 75.6 cm³/mol. The Morgan fingerprint density at radius 1 is 1.50 bits per heavy atom. The lowest BCUT2D eigenvalue weighted by Crippen LogP contribution is -2.49.